The molecule has 3 heteroatoms. The highest BCUT2D eigenvalue weighted by Gasteiger charge is 2.16. The van der Waals surface area contributed by atoms with Crippen LogP contribution >= 0.6 is 15.9 Å². The number of rotatable bonds is 4. The predicted molar refractivity (Wildman–Crippen MR) is 91.6 cm³/mol. The number of halogens is 1. The molecular weight excluding hydrogens is 340 g/mol. The van der Waals surface area contributed by atoms with E-state index in [0.717, 1.165) is 32.5 Å². The molecule has 0 amide bonds. The molecule has 1 heterocycles. The zero-order valence-corrected chi connectivity index (χ0v) is 13.6. The van der Waals surface area contributed by atoms with Crippen molar-refractivity contribution in [3.8, 4) is 18.1 Å². The topological polar surface area (TPSA) is 18.5 Å². The van der Waals surface area contributed by atoms with Gasteiger partial charge in [0.05, 0.1) is 13.2 Å². The Labute approximate surface area is 138 Å². The summed E-state index contributed by atoms with van der Waals surface area (Å²) in [7, 11) is 0. The first-order chi connectivity index (χ1) is 10.8. The van der Waals surface area contributed by atoms with Gasteiger partial charge in [0.25, 0.3) is 0 Å². The van der Waals surface area contributed by atoms with E-state index in [2.05, 4.69) is 27.9 Å². The lowest BCUT2D eigenvalue weighted by Gasteiger charge is -2.13. The van der Waals surface area contributed by atoms with Crippen LogP contribution in [0.15, 0.2) is 53.0 Å². The van der Waals surface area contributed by atoms with Gasteiger partial charge >= 0.3 is 0 Å². The fraction of sp³-hybridized carbons (Fsp3) is 0.158. The number of ether oxygens (including phenoxy) is 2. The normalized spacial score (nSPS) is 13.5. The van der Waals surface area contributed by atoms with Gasteiger partial charge in [0, 0.05) is 15.6 Å². The smallest absolute Gasteiger partial charge is 0.122 e. The van der Waals surface area contributed by atoms with Crippen LogP contribution in [-0.4, -0.2) is 13.2 Å². The summed E-state index contributed by atoms with van der Waals surface area (Å²) in [6.07, 6.45) is 7.73. The van der Waals surface area contributed by atoms with Gasteiger partial charge in [-0.2, -0.15) is 0 Å². The van der Waals surface area contributed by atoms with Crippen molar-refractivity contribution in [1.82, 2.24) is 0 Å². The first kappa shape index (κ1) is 14.9. The standard InChI is InChI=1S/C19H15BrO2/c1-2-15-10-17(22-12-14-6-4-3-5-7-14)11-18(20)19(15)16-8-9-21-13-16/h1,3-8,10-11H,9,12-13H2. The van der Waals surface area contributed by atoms with Gasteiger partial charge in [0.1, 0.15) is 12.4 Å². The Bertz CT molecular complexity index is 742. The molecule has 0 N–H and O–H groups in total. The van der Waals surface area contributed by atoms with Crippen LogP contribution < -0.4 is 4.74 Å². The molecule has 0 saturated heterocycles. The average molecular weight is 355 g/mol. The lowest BCUT2D eigenvalue weighted by atomic mass is 10.0. The van der Waals surface area contributed by atoms with E-state index >= 15 is 0 Å². The average Bonchev–Trinajstić information content (AvgIpc) is 3.07. The van der Waals surface area contributed by atoms with E-state index in [4.69, 9.17) is 15.9 Å². The summed E-state index contributed by atoms with van der Waals surface area (Å²) >= 11 is 3.60. The lowest BCUT2D eigenvalue weighted by molar-refractivity contribution is 0.216. The van der Waals surface area contributed by atoms with Crippen molar-refractivity contribution in [2.45, 2.75) is 6.61 Å². The molecule has 0 spiro atoms. The summed E-state index contributed by atoms with van der Waals surface area (Å²) in [4.78, 5) is 0. The zero-order valence-electron chi connectivity index (χ0n) is 12.0. The lowest BCUT2D eigenvalue weighted by Crippen LogP contribution is -1.99. The van der Waals surface area contributed by atoms with Crippen molar-refractivity contribution in [2.75, 3.05) is 13.2 Å². The molecule has 2 aromatic carbocycles. The van der Waals surface area contributed by atoms with Crippen LogP contribution in [0.25, 0.3) is 5.57 Å². The number of terminal acetylenes is 1. The molecule has 2 nitrogen and oxygen atoms in total. The van der Waals surface area contributed by atoms with Gasteiger partial charge in [0.2, 0.25) is 0 Å². The quantitative estimate of drug-likeness (QED) is 0.756. The van der Waals surface area contributed by atoms with E-state index < -0.39 is 0 Å². The van der Waals surface area contributed by atoms with Crippen LogP contribution in [0, 0.1) is 12.3 Å². The Morgan fingerprint density at radius 2 is 2.05 bits per heavy atom. The van der Waals surface area contributed by atoms with Crippen LogP contribution in [0.4, 0.5) is 0 Å². The van der Waals surface area contributed by atoms with Crippen molar-refractivity contribution in [3.05, 3.63) is 69.7 Å². The van der Waals surface area contributed by atoms with E-state index in [9.17, 15) is 0 Å². The fourth-order valence-corrected chi connectivity index (χ4v) is 3.10. The molecule has 0 aliphatic carbocycles. The first-order valence-electron chi connectivity index (χ1n) is 7.02. The summed E-state index contributed by atoms with van der Waals surface area (Å²) < 4.78 is 12.2. The van der Waals surface area contributed by atoms with Gasteiger partial charge in [-0.1, -0.05) is 42.3 Å². The Morgan fingerprint density at radius 1 is 1.23 bits per heavy atom. The molecule has 0 saturated carbocycles. The fourth-order valence-electron chi connectivity index (χ4n) is 2.41. The van der Waals surface area contributed by atoms with E-state index in [-0.39, 0.29) is 0 Å². The van der Waals surface area contributed by atoms with Crippen LogP contribution in [0.5, 0.6) is 5.75 Å². The minimum absolute atomic E-state index is 0.516. The molecule has 110 valence electrons. The van der Waals surface area contributed by atoms with Crippen LogP contribution in [0.3, 0.4) is 0 Å². The molecule has 0 aromatic heterocycles. The Hall–Kier alpha value is -2.02. The Kier molecular flexibility index (Phi) is 4.62. The van der Waals surface area contributed by atoms with Crippen molar-refractivity contribution in [1.29, 1.82) is 0 Å². The monoisotopic (exact) mass is 354 g/mol. The maximum atomic E-state index is 5.86. The summed E-state index contributed by atoms with van der Waals surface area (Å²) in [5.74, 6) is 3.50. The zero-order chi connectivity index (χ0) is 15.4. The molecule has 0 unspecified atom stereocenters. The Balaban J connectivity index is 1.85. The molecule has 3 rings (SSSR count). The molecule has 0 bridgehead atoms. The maximum absolute atomic E-state index is 5.86. The van der Waals surface area contributed by atoms with Gasteiger partial charge in [-0.05, 0) is 39.2 Å². The second kappa shape index (κ2) is 6.83. The first-order valence-corrected chi connectivity index (χ1v) is 7.81. The van der Waals surface area contributed by atoms with E-state index in [0.29, 0.717) is 19.8 Å². The van der Waals surface area contributed by atoms with Gasteiger partial charge in [-0.15, -0.1) is 6.42 Å². The third-order valence-corrected chi connectivity index (χ3v) is 4.12. The van der Waals surface area contributed by atoms with Crippen molar-refractivity contribution >= 4 is 21.5 Å². The third kappa shape index (κ3) is 3.24. The number of hydrogen-bond donors (Lipinski definition) is 0. The minimum Gasteiger partial charge on any atom is -0.489 e. The van der Waals surface area contributed by atoms with Gasteiger partial charge < -0.3 is 9.47 Å². The van der Waals surface area contributed by atoms with E-state index in [1.807, 2.05) is 42.5 Å². The highest BCUT2D eigenvalue weighted by atomic mass is 79.9. The van der Waals surface area contributed by atoms with Crippen LogP contribution in [0.2, 0.25) is 0 Å². The molecule has 0 atom stereocenters. The molecule has 1 aliphatic heterocycles. The molecule has 2 aromatic rings. The number of benzene rings is 2. The molecule has 0 radical (unpaired) electrons. The molecule has 22 heavy (non-hydrogen) atoms. The van der Waals surface area contributed by atoms with Crippen LogP contribution in [-0.2, 0) is 11.3 Å². The van der Waals surface area contributed by atoms with E-state index in [1.54, 1.807) is 0 Å². The highest BCUT2D eigenvalue weighted by molar-refractivity contribution is 9.10. The Morgan fingerprint density at radius 3 is 2.73 bits per heavy atom. The third-order valence-electron chi connectivity index (χ3n) is 3.49. The largest absolute Gasteiger partial charge is 0.489 e. The SMILES string of the molecule is C#Cc1cc(OCc2ccccc2)cc(Br)c1C1=CCOC1. The van der Waals surface area contributed by atoms with E-state index in [1.165, 1.54) is 0 Å². The molecule has 0 fully saturated rings. The highest BCUT2D eigenvalue weighted by Crippen LogP contribution is 2.33. The minimum atomic E-state index is 0.516. The van der Waals surface area contributed by atoms with Crippen molar-refractivity contribution < 1.29 is 9.47 Å². The maximum Gasteiger partial charge on any atom is 0.122 e. The molecular formula is C19H15BrO2. The molecule has 1 aliphatic rings. The van der Waals surface area contributed by atoms with Gasteiger partial charge in [-0.25, -0.2) is 0 Å². The van der Waals surface area contributed by atoms with Gasteiger partial charge in [-0.3, -0.25) is 0 Å². The predicted octanol–water partition coefficient (Wildman–Crippen LogP) is 4.42. The van der Waals surface area contributed by atoms with Crippen molar-refractivity contribution in [2.24, 2.45) is 0 Å². The summed E-state index contributed by atoms with van der Waals surface area (Å²) in [5, 5.41) is 0. The number of hydrogen-bond acceptors (Lipinski definition) is 2. The second-order valence-electron chi connectivity index (χ2n) is 4.99. The second-order valence-corrected chi connectivity index (χ2v) is 5.85. The summed E-state index contributed by atoms with van der Waals surface area (Å²) in [5.41, 5.74) is 4.08. The summed E-state index contributed by atoms with van der Waals surface area (Å²) in [6, 6.07) is 13.9. The van der Waals surface area contributed by atoms with Crippen molar-refractivity contribution in [3.63, 3.8) is 0 Å². The summed E-state index contributed by atoms with van der Waals surface area (Å²) in [6.45, 7) is 1.75. The van der Waals surface area contributed by atoms with Gasteiger partial charge in [0.15, 0.2) is 0 Å². The van der Waals surface area contributed by atoms with Crippen LogP contribution in [0.1, 0.15) is 16.7 Å².